The summed E-state index contributed by atoms with van der Waals surface area (Å²) in [5, 5.41) is 9.82. The maximum atomic E-state index is 11.7. The molecule has 0 spiro atoms. The van der Waals surface area contributed by atoms with Gasteiger partial charge in [-0.05, 0) is 13.3 Å². The molecule has 106 valence electrons. The molecule has 0 unspecified atom stereocenters. The Kier molecular flexibility index (Phi) is 4.18. The SMILES string of the molecule is CCCO[C@@H]1O[C@@H](n2cc(C)c(=O)[nH]c2=O)C[C@H]1O. The Morgan fingerprint density at radius 2 is 2.32 bits per heavy atom. The monoisotopic (exact) mass is 270 g/mol. The minimum atomic E-state index is -0.782. The molecule has 7 heteroatoms. The fourth-order valence-electron chi connectivity index (χ4n) is 1.98. The second kappa shape index (κ2) is 5.68. The Morgan fingerprint density at radius 1 is 1.58 bits per heavy atom. The van der Waals surface area contributed by atoms with E-state index in [0.717, 1.165) is 6.42 Å². The van der Waals surface area contributed by atoms with E-state index in [0.29, 0.717) is 12.2 Å². The lowest BCUT2D eigenvalue weighted by atomic mass is 10.2. The van der Waals surface area contributed by atoms with Gasteiger partial charge in [0.15, 0.2) is 6.29 Å². The second-order valence-corrected chi connectivity index (χ2v) is 4.61. The molecule has 1 aromatic rings. The van der Waals surface area contributed by atoms with E-state index in [2.05, 4.69) is 4.98 Å². The number of hydrogen-bond acceptors (Lipinski definition) is 5. The van der Waals surface area contributed by atoms with E-state index in [1.807, 2.05) is 6.92 Å². The van der Waals surface area contributed by atoms with E-state index in [4.69, 9.17) is 9.47 Å². The average Bonchev–Trinajstić information content (AvgIpc) is 2.72. The summed E-state index contributed by atoms with van der Waals surface area (Å²) in [6, 6.07) is 0. The van der Waals surface area contributed by atoms with Gasteiger partial charge in [-0.15, -0.1) is 0 Å². The van der Waals surface area contributed by atoms with E-state index >= 15 is 0 Å². The van der Waals surface area contributed by atoms with Crippen LogP contribution in [0.25, 0.3) is 0 Å². The predicted octanol–water partition coefficient (Wildman–Crippen LogP) is -0.122. The summed E-state index contributed by atoms with van der Waals surface area (Å²) in [4.78, 5) is 25.2. The zero-order valence-electron chi connectivity index (χ0n) is 11.0. The Hall–Kier alpha value is -1.44. The fourth-order valence-corrected chi connectivity index (χ4v) is 1.98. The molecule has 7 nitrogen and oxygen atoms in total. The van der Waals surface area contributed by atoms with Gasteiger partial charge in [-0.3, -0.25) is 14.3 Å². The third kappa shape index (κ3) is 2.94. The van der Waals surface area contributed by atoms with Gasteiger partial charge >= 0.3 is 5.69 Å². The topological polar surface area (TPSA) is 93.5 Å². The highest BCUT2D eigenvalue weighted by atomic mass is 16.7. The smallest absolute Gasteiger partial charge is 0.330 e. The van der Waals surface area contributed by atoms with E-state index in [9.17, 15) is 14.7 Å². The first-order valence-corrected chi connectivity index (χ1v) is 6.30. The lowest BCUT2D eigenvalue weighted by Crippen LogP contribution is -2.33. The van der Waals surface area contributed by atoms with Crippen molar-refractivity contribution in [1.29, 1.82) is 0 Å². The summed E-state index contributed by atoms with van der Waals surface area (Å²) >= 11 is 0. The highest BCUT2D eigenvalue weighted by Gasteiger charge is 2.36. The summed E-state index contributed by atoms with van der Waals surface area (Å²) in [6.45, 7) is 4.04. The molecule has 1 saturated heterocycles. The Labute approximate surface area is 109 Å². The van der Waals surface area contributed by atoms with Gasteiger partial charge in [-0.1, -0.05) is 6.92 Å². The third-order valence-corrected chi connectivity index (χ3v) is 2.99. The van der Waals surface area contributed by atoms with Crippen LogP contribution in [0.1, 0.15) is 31.6 Å². The van der Waals surface area contributed by atoms with Gasteiger partial charge in [0.2, 0.25) is 0 Å². The van der Waals surface area contributed by atoms with Crippen LogP contribution >= 0.6 is 0 Å². The molecule has 19 heavy (non-hydrogen) atoms. The summed E-state index contributed by atoms with van der Waals surface area (Å²) in [5.41, 5.74) is -0.557. The molecule has 0 saturated carbocycles. The normalized spacial score (nSPS) is 26.8. The number of aryl methyl sites for hydroxylation is 1. The molecule has 0 bridgehead atoms. The lowest BCUT2D eigenvalue weighted by molar-refractivity contribution is -0.176. The largest absolute Gasteiger partial charge is 0.388 e. The minimum absolute atomic E-state index is 0.250. The molecular formula is C12H18N2O5. The molecule has 1 aromatic heterocycles. The van der Waals surface area contributed by atoms with Gasteiger partial charge in [0.1, 0.15) is 12.3 Å². The van der Waals surface area contributed by atoms with E-state index in [-0.39, 0.29) is 6.42 Å². The molecule has 1 aliphatic rings. The molecule has 0 aromatic carbocycles. The second-order valence-electron chi connectivity index (χ2n) is 4.61. The highest BCUT2D eigenvalue weighted by molar-refractivity contribution is 5.01. The van der Waals surface area contributed by atoms with Crippen molar-refractivity contribution in [2.24, 2.45) is 0 Å². The molecule has 2 rings (SSSR count). The number of ether oxygens (including phenoxy) is 2. The van der Waals surface area contributed by atoms with Crippen molar-refractivity contribution in [3.8, 4) is 0 Å². The summed E-state index contributed by atoms with van der Waals surface area (Å²) in [7, 11) is 0. The fraction of sp³-hybridized carbons (Fsp3) is 0.667. The van der Waals surface area contributed by atoms with Crippen molar-refractivity contribution < 1.29 is 14.6 Å². The quantitative estimate of drug-likeness (QED) is 0.795. The van der Waals surface area contributed by atoms with Gasteiger partial charge in [0.05, 0.1) is 0 Å². The van der Waals surface area contributed by atoms with E-state index < -0.39 is 29.9 Å². The Balaban J connectivity index is 2.18. The van der Waals surface area contributed by atoms with Crippen LogP contribution in [-0.2, 0) is 9.47 Å². The van der Waals surface area contributed by atoms with Crippen molar-refractivity contribution in [3.05, 3.63) is 32.6 Å². The molecule has 1 aliphatic heterocycles. The minimum Gasteiger partial charge on any atom is -0.388 e. The Bertz CT molecular complexity index is 550. The number of hydrogen-bond donors (Lipinski definition) is 2. The van der Waals surface area contributed by atoms with Gasteiger partial charge < -0.3 is 14.6 Å². The average molecular weight is 270 g/mol. The number of aromatic amines is 1. The van der Waals surface area contributed by atoms with E-state index in [1.54, 1.807) is 6.92 Å². The van der Waals surface area contributed by atoms with Gasteiger partial charge in [0.25, 0.3) is 5.56 Å². The van der Waals surface area contributed by atoms with Crippen molar-refractivity contribution in [2.75, 3.05) is 6.61 Å². The van der Waals surface area contributed by atoms with Crippen LogP contribution in [0.2, 0.25) is 0 Å². The molecule has 3 atom stereocenters. The molecule has 2 N–H and O–H groups in total. The zero-order chi connectivity index (χ0) is 14.0. The lowest BCUT2D eigenvalue weighted by Gasteiger charge is -2.16. The molecule has 0 amide bonds. The molecule has 0 radical (unpaired) electrons. The Morgan fingerprint density at radius 3 is 3.00 bits per heavy atom. The van der Waals surface area contributed by atoms with Crippen molar-refractivity contribution in [1.82, 2.24) is 9.55 Å². The van der Waals surface area contributed by atoms with Crippen LogP contribution in [0.5, 0.6) is 0 Å². The molecular weight excluding hydrogens is 252 g/mol. The van der Waals surface area contributed by atoms with Gasteiger partial charge in [-0.2, -0.15) is 0 Å². The first-order valence-electron chi connectivity index (χ1n) is 6.30. The number of aliphatic hydroxyl groups is 1. The van der Waals surface area contributed by atoms with Gasteiger partial charge in [-0.25, -0.2) is 4.79 Å². The van der Waals surface area contributed by atoms with Crippen LogP contribution in [0.15, 0.2) is 15.8 Å². The molecule has 1 fully saturated rings. The zero-order valence-corrected chi connectivity index (χ0v) is 11.0. The van der Waals surface area contributed by atoms with Crippen molar-refractivity contribution >= 4 is 0 Å². The van der Waals surface area contributed by atoms with Crippen LogP contribution in [0, 0.1) is 6.92 Å². The first-order chi connectivity index (χ1) is 9.02. The third-order valence-electron chi connectivity index (χ3n) is 2.99. The number of H-pyrrole nitrogens is 1. The van der Waals surface area contributed by atoms with Crippen LogP contribution < -0.4 is 11.2 Å². The standard InChI is InChI=1S/C12H18N2O5/c1-3-4-18-11-8(15)5-9(19-11)14-6-7(2)10(16)13-12(14)17/h6,8-9,11,15H,3-5H2,1-2H3,(H,13,16,17)/t8-,9-,11-/m1/s1. The van der Waals surface area contributed by atoms with Crippen LogP contribution in [0.3, 0.4) is 0 Å². The number of nitrogens with zero attached hydrogens (tertiary/aromatic N) is 1. The number of nitrogens with one attached hydrogen (secondary N) is 1. The van der Waals surface area contributed by atoms with Crippen molar-refractivity contribution in [2.45, 2.75) is 45.3 Å². The van der Waals surface area contributed by atoms with Gasteiger partial charge in [0, 0.05) is 24.8 Å². The summed E-state index contributed by atoms with van der Waals surface area (Å²) in [6.07, 6.45) is 0.356. The first kappa shape index (κ1) is 14.0. The van der Waals surface area contributed by atoms with E-state index in [1.165, 1.54) is 10.8 Å². The number of rotatable bonds is 4. The predicted molar refractivity (Wildman–Crippen MR) is 66.8 cm³/mol. The maximum absolute atomic E-state index is 11.7. The maximum Gasteiger partial charge on any atom is 0.330 e. The van der Waals surface area contributed by atoms with Crippen LogP contribution in [-0.4, -0.2) is 33.7 Å². The highest BCUT2D eigenvalue weighted by Crippen LogP contribution is 2.28. The summed E-state index contributed by atoms with van der Waals surface area (Å²) < 4.78 is 12.1. The summed E-state index contributed by atoms with van der Waals surface area (Å²) in [5.74, 6) is 0. The molecule has 0 aliphatic carbocycles. The molecule has 2 heterocycles. The number of aliphatic hydroxyl groups excluding tert-OH is 1. The number of aromatic nitrogens is 2. The van der Waals surface area contributed by atoms with Crippen LogP contribution in [0.4, 0.5) is 0 Å². The van der Waals surface area contributed by atoms with Crippen molar-refractivity contribution in [3.63, 3.8) is 0 Å².